The van der Waals surface area contributed by atoms with Crippen LogP contribution in [0.25, 0.3) is 10.9 Å². The normalized spacial score (nSPS) is 11.8. The maximum atomic E-state index is 12.8. The van der Waals surface area contributed by atoms with E-state index < -0.39 is 17.6 Å². The molecule has 0 aliphatic carbocycles. The summed E-state index contributed by atoms with van der Waals surface area (Å²) >= 11 is 1.10. The standard InChI is InChI=1S/C20H18F3N3O2S/c1-12(2)26-18(28)15-5-3-4-6-16(15)25-19(26)29-11-17(27)24-14-9-7-13(8-10-14)20(21,22)23/h3-10,12H,11H2,1-2H3,(H,24,27). The molecule has 3 rings (SSSR count). The molecule has 1 amide bonds. The third-order valence-corrected chi connectivity index (χ3v) is 5.07. The highest BCUT2D eigenvalue weighted by molar-refractivity contribution is 7.99. The van der Waals surface area contributed by atoms with E-state index in [2.05, 4.69) is 10.3 Å². The van der Waals surface area contributed by atoms with Crippen LogP contribution in [0.5, 0.6) is 0 Å². The van der Waals surface area contributed by atoms with Gasteiger partial charge in [-0.2, -0.15) is 13.2 Å². The summed E-state index contributed by atoms with van der Waals surface area (Å²) in [4.78, 5) is 29.5. The van der Waals surface area contributed by atoms with Crippen molar-refractivity contribution in [3.63, 3.8) is 0 Å². The van der Waals surface area contributed by atoms with Crippen molar-refractivity contribution in [2.75, 3.05) is 11.1 Å². The molecule has 1 heterocycles. The molecular weight excluding hydrogens is 403 g/mol. The zero-order chi connectivity index (χ0) is 21.2. The van der Waals surface area contributed by atoms with Gasteiger partial charge in [0.25, 0.3) is 5.56 Å². The van der Waals surface area contributed by atoms with E-state index in [1.807, 2.05) is 13.8 Å². The first-order chi connectivity index (χ1) is 13.7. The van der Waals surface area contributed by atoms with E-state index in [1.54, 1.807) is 24.3 Å². The van der Waals surface area contributed by atoms with Crippen LogP contribution in [0.4, 0.5) is 18.9 Å². The summed E-state index contributed by atoms with van der Waals surface area (Å²) < 4.78 is 39.4. The van der Waals surface area contributed by atoms with Gasteiger partial charge in [0.2, 0.25) is 5.91 Å². The molecule has 0 aliphatic heterocycles. The number of thioether (sulfide) groups is 1. The zero-order valence-electron chi connectivity index (χ0n) is 15.7. The Labute approximate surface area is 169 Å². The van der Waals surface area contributed by atoms with Crippen LogP contribution < -0.4 is 10.9 Å². The maximum Gasteiger partial charge on any atom is 0.416 e. The third kappa shape index (κ3) is 4.79. The molecule has 0 radical (unpaired) electrons. The Balaban J connectivity index is 1.75. The van der Waals surface area contributed by atoms with Gasteiger partial charge in [-0.15, -0.1) is 0 Å². The van der Waals surface area contributed by atoms with Gasteiger partial charge in [0.1, 0.15) is 0 Å². The third-order valence-electron chi connectivity index (χ3n) is 4.12. The molecule has 0 spiro atoms. The first-order valence-electron chi connectivity index (χ1n) is 8.78. The van der Waals surface area contributed by atoms with E-state index in [9.17, 15) is 22.8 Å². The van der Waals surface area contributed by atoms with Crippen molar-refractivity contribution in [3.05, 3.63) is 64.4 Å². The number of para-hydroxylation sites is 1. The lowest BCUT2D eigenvalue weighted by molar-refractivity contribution is -0.137. The van der Waals surface area contributed by atoms with Crippen molar-refractivity contribution in [1.29, 1.82) is 0 Å². The summed E-state index contributed by atoms with van der Waals surface area (Å²) in [7, 11) is 0. The number of carbonyl (C=O) groups is 1. The van der Waals surface area contributed by atoms with Crippen molar-refractivity contribution < 1.29 is 18.0 Å². The summed E-state index contributed by atoms with van der Waals surface area (Å²) in [5.74, 6) is -0.453. The van der Waals surface area contributed by atoms with Crippen molar-refractivity contribution >= 4 is 34.3 Å². The number of halogens is 3. The molecule has 152 valence electrons. The van der Waals surface area contributed by atoms with Crippen molar-refractivity contribution in [2.45, 2.75) is 31.2 Å². The summed E-state index contributed by atoms with van der Waals surface area (Å²) in [6, 6.07) is 11.0. The Morgan fingerprint density at radius 3 is 2.41 bits per heavy atom. The fourth-order valence-corrected chi connectivity index (χ4v) is 3.68. The summed E-state index contributed by atoms with van der Waals surface area (Å²) in [5.41, 5.74) is -0.168. The van der Waals surface area contributed by atoms with Crippen LogP contribution >= 0.6 is 11.8 Å². The van der Waals surface area contributed by atoms with Crippen LogP contribution in [0.3, 0.4) is 0 Å². The van der Waals surface area contributed by atoms with E-state index in [0.717, 1.165) is 23.9 Å². The van der Waals surface area contributed by atoms with Crippen LogP contribution in [-0.4, -0.2) is 21.2 Å². The molecule has 0 unspecified atom stereocenters. The molecule has 0 bridgehead atoms. The number of carbonyl (C=O) groups excluding carboxylic acids is 1. The number of nitrogens with one attached hydrogen (secondary N) is 1. The topological polar surface area (TPSA) is 64.0 Å². The molecule has 0 fully saturated rings. The molecule has 1 aromatic heterocycles. The quantitative estimate of drug-likeness (QED) is 0.478. The average Bonchev–Trinajstić information content (AvgIpc) is 2.66. The molecule has 3 aromatic rings. The lowest BCUT2D eigenvalue weighted by Gasteiger charge is -2.16. The highest BCUT2D eigenvalue weighted by Gasteiger charge is 2.30. The molecule has 0 saturated carbocycles. The number of anilines is 1. The number of hydrogen-bond acceptors (Lipinski definition) is 4. The van der Waals surface area contributed by atoms with Gasteiger partial charge >= 0.3 is 6.18 Å². The second kappa shape index (κ2) is 8.28. The van der Waals surface area contributed by atoms with Gasteiger partial charge in [0.05, 0.1) is 22.2 Å². The largest absolute Gasteiger partial charge is 0.416 e. The van der Waals surface area contributed by atoms with Crippen LogP contribution in [0.1, 0.15) is 25.5 Å². The molecule has 0 atom stereocenters. The Morgan fingerprint density at radius 1 is 1.14 bits per heavy atom. The number of aromatic nitrogens is 2. The Morgan fingerprint density at radius 2 is 1.79 bits per heavy atom. The highest BCUT2D eigenvalue weighted by atomic mass is 32.2. The first kappa shape index (κ1) is 20.9. The van der Waals surface area contributed by atoms with Crippen molar-refractivity contribution in [2.24, 2.45) is 0 Å². The first-order valence-corrected chi connectivity index (χ1v) is 9.76. The Kier molecular flexibility index (Phi) is 5.97. The minimum Gasteiger partial charge on any atom is -0.325 e. The highest BCUT2D eigenvalue weighted by Crippen LogP contribution is 2.30. The van der Waals surface area contributed by atoms with Gasteiger partial charge < -0.3 is 5.32 Å². The fourth-order valence-electron chi connectivity index (χ4n) is 2.75. The lowest BCUT2D eigenvalue weighted by Crippen LogP contribution is -2.25. The van der Waals surface area contributed by atoms with Gasteiger partial charge in [-0.3, -0.25) is 14.2 Å². The molecular formula is C20H18F3N3O2S. The van der Waals surface area contributed by atoms with Crippen molar-refractivity contribution in [3.8, 4) is 0 Å². The van der Waals surface area contributed by atoms with E-state index in [4.69, 9.17) is 0 Å². The maximum absolute atomic E-state index is 12.8. The van der Waals surface area contributed by atoms with E-state index in [1.165, 1.54) is 16.7 Å². The van der Waals surface area contributed by atoms with Gasteiger partial charge in [-0.05, 0) is 50.2 Å². The van der Waals surface area contributed by atoms with Crippen LogP contribution in [0.15, 0.2) is 58.5 Å². The second-order valence-electron chi connectivity index (χ2n) is 6.59. The molecule has 0 saturated heterocycles. The predicted octanol–water partition coefficient (Wildman–Crippen LogP) is 4.73. The molecule has 5 nitrogen and oxygen atoms in total. The van der Waals surface area contributed by atoms with E-state index in [0.29, 0.717) is 16.1 Å². The Hall–Kier alpha value is -2.81. The van der Waals surface area contributed by atoms with Crippen LogP contribution in [0, 0.1) is 0 Å². The number of benzene rings is 2. The predicted molar refractivity (Wildman–Crippen MR) is 107 cm³/mol. The minimum absolute atomic E-state index is 0.0431. The molecule has 0 aliphatic rings. The smallest absolute Gasteiger partial charge is 0.325 e. The second-order valence-corrected chi connectivity index (χ2v) is 7.53. The van der Waals surface area contributed by atoms with Crippen molar-refractivity contribution in [1.82, 2.24) is 9.55 Å². The number of hydrogen-bond donors (Lipinski definition) is 1. The zero-order valence-corrected chi connectivity index (χ0v) is 16.5. The summed E-state index contributed by atoms with van der Waals surface area (Å²) in [6.07, 6.45) is -4.43. The number of rotatable bonds is 5. The molecule has 9 heteroatoms. The number of nitrogens with zero attached hydrogens (tertiary/aromatic N) is 2. The van der Waals surface area contributed by atoms with Crippen LogP contribution in [0.2, 0.25) is 0 Å². The monoisotopic (exact) mass is 421 g/mol. The number of fused-ring (bicyclic) bond motifs is 1. The molecule has 29 heavy (non-hydrogen) atoms. The summed E-state index contributed by atoms with van der Waals surface area (Å²) in [6.45, 7) is 3.70. The number of alkyl halides is 3. The Bertz CT molecular complexity index is 1090. The van der Waals surface area contributed by atoms with Crippen LogP contribution in [-0.2, 0) is 11.0 Å². The van der Waals surface area contributed by atoms with E-state index >= 15 is 0 Å². The number of amides is 1. The average molecular weight is 421 g/mol. The van der Waals surface area contributed by atoms with Gasteiger partial charge in [0, 0.05) is 11.7 Å². The lowest BCUT2D eigenvalue weighted by atomic mass is 10.2. The molecule has 1 N–H and O–H groups in total. The summed E-state index contributed by atoms with van der Waals surface area (Å²) in [5, 5.41) is 3.46. The van der Waals surface area contributed by atoms with Gasteiger partial charge in [0.15, 0.2) is 5.16 Å². The molecule has 2 aromatic carbocycles. The fraction of sp³-hybridized carbons (Fsp3) is 0.250. The SMILES string of the molecule is CC(C)n1c(SCC(=O)Nc2ccc(C(F)(F)F)cc2)nc2ccccc2c1=O. The minimum atomic E-state index is -4.43. The van der Waals surface area contributed by atoms with E-state index in [-0.39, 0.29) is 23.0 Å². The van der Waals surface area contributed by atoms with Gasteiger partial charge in [-0.25, -0.2) is 4.98 Å². The van der Waals surface area contributed by atoms with Gasteiger partial charge in [-0.1, -0.05) is 23.9 Å².